The maximum atomic E-state index is 11.3. The minimum absolute atomic E-state index is 0.0146. The molecule has 0 spiro atoms. The van der Waals surface area contributed by atoms with Gasteiger partial charge in [0.15, 0.2) is 5.03 Å². The molecule has 1 heterocycles. The lowest BCUT2D eigenvalue weighted by Gasteiger charge is -2.17. The Balaban J connectivity index is 2.28. The van der Waals surface area contributed by atoms with Crippen LogP contribution in [-0.4, -0.2) is 18.0 Å². The van der Waals surface area contributed by atoms with Crippen LogP contribution in [0.5, 0.6) is 0 Å². The summed E-state index contributed by atoms with van der Waals surface area (Å²) >= 11 is 0. The first-order valence-corrected chi connectivity index (χ1v) is 7.61. The molecule has 0 atom stereocenters. The number of hydrogen-bond donors (Lipinski definition) is 1. The standard InChI is InChI=1S/C11H19N3O2S/c1-9-13-11(17(12,15)16)8-14(9)10-6-4-2-3-5-7-10/h8,10H,2-7H2,1H3,(H2,12,15,16). The Hall–Kier alpha value is -0.880. The van der Waals surface area contributed by atoms with Gasteiger partial charge < -0.3 is 4.57 Å². The van der Waals surface area contributed by atoms with Gasteiger partial charge in [0.1, 0.15) is 5.82 Å². The third kappa shape index (κ3) is 2.87. The Morgan fingerprint density at radius 2 is 1.88 bits per heavy atom. The smallest absolute Gasteiger partial charge is 0.257 e. The number of aryl methyl sites for hydroxylation is 1. The van der Waals surface area contributed by atoms with Crippen LogP contribution < -0.4 is 5.14 Å². The van der Waals surface area contributed by atoms with Gasteiger partial charge in [0.25, 0.3) is 10.0 Å². The van der Waals surface area contributed by atoms with Crippen molar-refractivity contribution in [2.75, 3.05) is 0 Å². The first kappa shape index (κ1) is 12.6. The van der Waals surface area contributed by atoms with Crippen molar-refractivity contribution in [1.82, 2.24) is 9.55 Å². The van der Waals surface area contributed by atoms with Crippen molar-refractivity contribution in [1.29, 1.82) is 0 Å². The molecule has 2 N–H and O–H groups in total. The summed E-state index contributed by atoms with van der Waals surface area (Å²) in [6.07, 6.45) is 8.72. The van der Waals surface area contributed by atoms with E-state index in [1.807, 2.05) is 11.5 Å². The second-order valence-electron chi connectivity index (χ2n) is 4.72. The Kier molecular flexibility index (Phi) is 3.53. The molecule has 0 saturated heterocycles. The zero-order valence-corrected chi connectivity index (χ0v) is 10.9. The number of rotatable bonds is 2. The number of sulfonamides is 1. The monoisotopic (exact) mass is 257 g/mol. The Bertz CT molecular complexity index is 485. The highest BCUT2D eigenvalue weighted by molar-refractivity contribution is 7.89. The van der Waals surface area contributed by atoms with Crippen molar-refractivity contribution in [2.45, 2.75) is 56.5 Å². The van der Waals surface area contributed by atoms with E-state index in [0.717, 1.165) is 18.7 Å². The normalized spacial score (nSPS) is 19.2. The van der Waals surface area contributed by atoms with E-state index in [9.17, 15) is 8.42 Å². The molecule has 96 valence electrons. The van der Waals surface area contributed by atoms with E-state index < -0.39 is 10.0 Å². The third-order valence-corrected chi connectivity index (χ3v) is 4.18. The second-order valence-corrected chi connectivity index (χ2v) is 6.23. The Morgan fingerprint density at radius 1 is 1.29 bits per heavy atom. The molecule has 1 aliphatic rings. The molecule has 0 aliphatic heterocycles. The summed E-state index contributed by atoms with van der Waals surface area (Å²) in [4.78, 5) is 4.04. The summed E-state index contributed by atoms with van der Waals surface area (Å²) in [5, 5.41) is 5.08. The van der Waals surface area contributed by atoms with Crippen molar-refractivity contribution >= 4 is 10.0 Å². The van der Waals surface area contributed by atoms with E-state index in [1.54, 1.807) is 6.20 Å². The van der Waals surface area contributed by atoms with Gasteiger partial charge in [-0.2, -0.15) is 0 Å². The minimum atomic E-state index is -3.68. The van der Waals surface area contributed by atoms with Crippen LogP contribution in [0.15, 0.2) is 11.2 Å². The molecule has 1 fully saturated rings. The molecule has 1 saturated carbocycles. The van der Waals surface area contributed by atoms with Gasteiger partial charge in [0, 0.05) is 12.2 Å². The van der Waals surface area contributed by atoms with E-state index in [1.165, 1.54) is 25.7 Å². The summed E-state index contributed by atoms with van der Waals surface area (Å²) < 4.78 is 24.5. The van der Waals surface area contributed by atoms with Crippen molar-refractivity contribution in [3.8, 4) is 0 Å². The van der Waals surface area contributed by atoms with Gasteiger partial charge >= 0.3 is 0 Å². The lowest BCUT2D eigenvalue weighted by atomic mass is 10.1. The number of nitrogens with two attached hydrogens (primary N) is 1. The van der Waals surface area contributed by atoms with Gasteiger partial charge in [-0.05, 0) is 19.8 Å². The fourth-order valence-electron chi connectivity index (χ4n) is 2.50. The van der Waals surface area contributed by atoms with Crippen molar-refractivity contribution in [3.05, 3.63) is 12.0 Å². The predicted octanol–water partition coefficient (Wildman–Crippen LogP) is 1.73. The quantitative estimate of drug-likeness (QED) is 0.820. The molecule has 6 heteroatoms. The number of nitrogens with zero attached hydrogens (tertiary/aromatic N) is 2. The Morgan fingerprint density at radius 3 is 2.35 bits per heavy atom. The van der Waals surface area contributed by atoms with Gasteiger partial charge in [-0.15, -0.1) is 0 Å². The Labute approximate surface area is 102 Å². The van der Waals surface area contributed by atoms with E-state index in [4.69, 9.17) is 5.14 Å². The summed E-state index contributed by atoms with van der Waals surface area (Å²) in [6.45, 7) is 1.83. The largest absolute Gasteiger partial charge is 0.331 e. The average Bonchev–Trinajstić information content (AvgIpc) is 2.50. The molecule has 0 bridgehead atoms. The van der Waals surface area contributed by atoms with Crippen LogP contribution in [0.3, 0.4) is 0 Å². The highest BCUT2D eigenvalue weighted by Crippen LogP contribution is 2.28. The van der Waals surface area contributed by atoms with Crippen LogP contribution in [0.1, 0.15) is 50.4 Å². The van der Waals surface area contributed by atoms with Crippen molar-refractivity contribution in [3.63, 3.8) is 0 Å². The van der Waals surface area contributed by atoms with Gasteiger partial charge in [0.05, 0.1) is 0 Å². The van der Waals surface area contributed by atoms with Crippen molar-refractivity contribution < 1.29 is 8.42 Å². The zero-order chi connectivity index (χ0) is 12.5. The summed E-state index contributed by atoms with van der Waals surface area (Å²) in [7, 11) is -3.68. The molecule has 17 heavy (non-hydrogen) atoms. The molecular weight excluding hydrogens is 238 g/mol. The molecule has 1 aromatic rings. The van der Waals surface area contributed by atoms with Crippen molar-refractivity contribution in [2.24, 2.45) is 5.14 Å². The van der Waals surface area contributed by atoms with Crippen LogP contribution >= 0.6 is 0 Å². The fourth-order valence-corrected chi connectivity index (χ4v) is 3.02. The van der Waals surface area contributed by atoms with E-state index in [0.29, 0.717) is 6.04 Å². The molecule has 0 unspecified atom stereocenters. The van der Waals surface area contributed by atoms with Gasteiger partial charge in [-0.1, -0.05) is 25.7 Å². The van der Waals surface area contributed by atoms with E-state index >= 15 is 0 Å². The minimum Gasteiger partial charge on any atom is -0.331 e. The van der Waals surface area contributed by atoms with E-state index in [2.05, 4.69) is 4.98 Å². The molecule has 2 rings (SSSR count). The zero-order valence-electron chi connectivity index (χ0n) is 10.1. The van der Waals surface area contributed by atoms with Gasteiger partial charge in [0.2, 0.25) is 0 Å². The lowest BCUT2D eigenvalue weighted by molar-refractivity contribution is 0.435. The fraction of sp³-hybridized carbons (Fsp3) is 0.727. The number of hydrogen-bond acceptors (Lipinski definition) is 3. The van der Waals surface area contributed by atoms with Gasteiger partial charge in [-0.25, -0.2) is 18.5 Å². The third-order valence-electron chi connectivity index (χ3n) is 3.40. The number of aromatic nitrogens is 2. The number of imidazole rings is 1. The average molecular weight is 257 g/mol. The molecule has 1 aliphatic carbocycles. The summed E-state index contributed by atoms with van der Waals surface area (Å²) in [6, 6.07) is 0.375. The topological polar surface area (TPSA) is 78.0 Å². The van der Waals surface area contributed by atoms with Crippen LogP contribution in [0.25, 0.3) is 0 Å². The van der Waals surface area contributed by atoms with Crippen LogP contribution in [-0.2, 0) is 10.0 Å². The van der Waals surface area contributed by atoms with Crippen LogP contribution in [0.2, 0.25) is 0 Å². The first-order chi connectivity index (χ1) is 7.98. The molecule has 1 aromatic heterocycles. The predicted molar refractivity (Wildman–Crippen MR) is 65.1 cm³/mol. The maximum absolute atomic E-state index is 11.3. The molecule has 5 nitrogen and oxygen atoms in total. The van der Waals surface area contributed by atoms with Gasteiger partial charge in [-0.3, -0.25) is 0 Å². The molecule has 0 radical (unpaired) electrons. The number of primary sulfonamides is 1. The lowest BCUT2D eigenvalue weighted by Crippen LogP contribution is -2.12. The summed E-state index contributed by atoms with van der Waals surface area (Å²) in [5.74, 6) is 0.737. The summed E-state index contributed by atoms with van der Waals surface area (Å²) in [5.41, 5.74) is 0. The first-order valence-electron chi connectivity index (χ1n) is 6.07. The van der Waals surface area contributed by atoms with Crippen LogP contribution in [0, 0.1) is 6.92 Å². The van der Waals surface area contributed by atoms with E-state index in [-0.39, 0.29) is 5.03 Å². The maximum Gasteiger partial charge on any atom is 0.257 e. The molecule has 0 aromatic carbocycles. The highest BCUT2D eigenvalue weighted by atomic mass is 32.2. The second kappa shape index (κ2) is 4.78. The highest BCUT2D eigenvalue weighted by Gasteiger charge is 2.20. The SMILES string of the molecule is Cc1nc(S(N)(=O)=O)cn1C1CCCCCC1. The van der Waals surface area contributed by atoms with Crippen LogP contribution in [0.4, 0.5) is 0 Å². The molecular formula is C11H19N3O2S. The molecule has 0 amide bonds.